The Balaban J connectivity index is 1.73. The van der Waals surface area contributed by atoms with Gasteiger partial charge in [-0.1, -0.05) is 11.8 Å². The molecule has 0 aliphatic carbocycles. The highest BCUT2D eigenvalue weighted by Crippen LogP contribution is 2.30. The second-order valence-corrected chi connectivity index (χ2v) is 8.64. The molecule has 1 fully saturated rings. The number of aromatic amines is 1. The fourth-order valence-corrected chi connectivity index (χ4v) is 3.80. The number of aliphatic hydroxyl groups is 2. The van der Waals surface area contributed by atoms with Crippen molar-refractivity contribution in [3.63, 3.8) is 0 Å². The zero-order chi connectivity index (χ0) is 28.9. The molecule has 1 aromatic carbocycles. The highest BCUT2D eigenvalue weighted by Gasteiger charge is 2.37. The first-order valence-corrected chi connectivity index (χ1v) is 11.6. The Labute approximate surface area is 218 Å². The van der Waals surface area contributed by atoms with Crippen LogP contribution in [0.15, 0.2) is 34.0 Å². The normalized spacial score (nSPS) is 19.8. The van der Waals surface area contributed by atoms with Crippen LogP contribution in [-0.4, -0.2) is 55.5 Å². The molecular formula is C24H24F3N3O9. The van der Waals surface area contributed by atoms with Crippen molar-refractivity contribution in [2.24, 2.45) is 0 Å². The second-order valence-electron chi connectivity index (χ2n) is 8.64. The number of carbonyl (C=O) groups is 1. The molecular weight excluding hydrogens is 531 g/mol. The quantitative estimate of drug-likeness (QED) is 0.236. The van der Waals surface area contributed by atoms with Crippen LogP contribution in [-0.2, 0) is 20.9 Å². The van der Waals surface area contributed by atoms with E-state index in [0.717, 1.165) is 10.6 Å². The van der Waals surface area contributed by atoms with Gasteiger partial charge in [0.1, 0.15) is 12.3 Å². The lowest BCUT2D eigenvalue weighted by Gasteiger charge is -2.17. The number of carbonyl (C=O) groups excluding carboxylic acids is 1. The molecule has 12 nitrogen and oxygen atoms in total. The van der Waals surface area contributed by atoms with Gasteiger partial charge in [-0.2, -0.15) is 13.2 Å². The van der Waals surface area contributed by atoms with Crippen molar-refractivity contribution in [2.75, 3.05) is 6.61 Å². The summed E-state index contributed by atoms with van der Waals surface area (Å²) in [7, 11) is 0. The summed E-state index contributed by atoms with van der Waals surface area (Å²) in [5.74, 6) is 2.96. The highest BCUT2D eigenvalue weighted by molar-refractivity contribution is 5.84. The van der Waals surface area contributed by atoms with Crippen molar-refractivity contribution in [3.8, 4) is 11.8 Å². The van der Waals surface area contributed by atoms with Crippen LogP contribution in [0, 0.1) is 22.0 Å². The number of nitrogens with one attached hydrogen (secondary N) is 1. The minimum absolute atomic E-state index is 0.00600. The third-order valence-corrected chi connectivity index (χ3v) is 5.92. The number of rotatable bonds is 9. The van der Waals surface area contributed by atoms with Gasteiger partial charge in [-0.15, -0.1) is 0 Å². The van der Waals surface area contributed by atoms with Crippen molar-refractivity contribution in [1.29, 1.82) is 0 Å². The van der Waals surface area contributed by atoms with Crippen LogP contribution in [0.4, 0.5) is 18.9 Å². The van der Waals surface area contributed by atoms with Gasteiger partial charge in [-0.25, -0.2) is 4.79 Å². The summed E-state index contributed by atoms with van der Waals surface area (Å²) in [6.45, 7) is 0.661. The van der Waals surface area contributed by atoms with E-state index in [9.17, 15) is 47.9 Å². The first-order valence-electron chi connectivity index (χ1n) is 11.6. The molecule has 3 N–H and O–H groups in total. The van der Waals surface area contributed by atoms with E-state index in [0.29, 0.717) is 0 Å². The number of alkyl halides is 3. The Hall–Kier alpha value is -3.84. The van der Waals surface area contributed by atoms with Crippen molar-refractivity contribution in [2.45, 2.75) is 63.5 Å². The molecule has 3 rings (SSSR count). The van der Waals surface area contributed by atoms with Gasteiger partial charge in [-0.05, 0) is 19.1 Å². The lowest BCUT2D eigenvalue weighted by molar-refractivity contribution is -0.386. The van der Waals surface area contributed by atoms with Gasteiger partial charge in [0.05, 0.1) is 41.5 Å². The number of H-pyrrole nitrogens is 1. The fraction of sp³-hybridized carbons (Fsp3) is 0.458. The van der Waals surface area contributed by atoms with Crippen LogP contribution < -0.4 is 11.2 Å². The number of Topliss-reactive ketones (excluding diaryl/α,β-unsaturated/α-hetero) is 1. The monoisotopic (exact) mass is 555 g/mol. The number of aromatic nitrogens is 2. The number of nitrogens with zero attached hydrogens (tertiary/aromatic N) is 2. The van der Waals surface area contributed by atoms with E-state index in [-0.39, 0.29) is 41.8 Å². The number of nitro groups is 1. The first kappa shape index (κ1) is 29.7. The molecule has 2 unspecified atom stereocenters. The Bertz CT molecular complexity index is 1410. The van der Waals surface area contributed by atoms with Crippen molar-refractivity contribution < 1.29 is 42.6 Å². The van der Waals surface area contributed by atoms with E-state index in [2.05, 4.69) is 16.8 Å². The smallest absolute Gasteiger partial charge is 0.394 e. The summed E-state index contributed by atoms with van der Waals surface area (Å²) in [5, 5.41) is 30.8. The molecule has 1 aliphatic heterocycles. The van der Waals surface area contributed by atoms with E-state index in [4.69, 9.17) is 9.47 Å². The zero-order valence-electron chi connectivity index (χ0n) is 20.4. The van der Waals surface area contributed by atoms with Gasteiger partial charge in [-0.3, -0.25) is 29.3 Å². The Morgan fingerprint density at radius 2 is 2.10 bits per heavy atom. The SMILES string of the molecule is CC(OCc1cn([C@H]2CC(O)[C@@H](CO)O2)c(=O)[nH]c1=O)c1ccc(C#CCCC(=O)C(F)(F)F)cc1[N+](=O)[O-]. The molecule has 1 saturated heterocycles. The van der Waals surface area contributed by atoms with Gasteiger partial charge in [0, 0.05) is 37.1 Å². The van der Waals surface area contributed by atoms with E-state index in [1.54, 1.807) is 0 Å². The van der Waals surface area contributed by atoms with Crippen molar-refractivity contribution in [1.82, 2.24) is 9.55 Å². The third kappa shape index (κ3) is 7.39. The largest absolute Gasteiger partial charge is 0.450 e. The average Bonchev–Trinajstić information content (AvgIpc) is 3.25. The second kappa shape index (κ2) is 12.3. The number of halogens is 3. The molecule has 0 amide bonds. The van der Waals surface area contributed by atoms with Crippen LogP contribution in [0.3, 0.4) is 0 Å². The average molecular weight is 555 g/mol. The molecule has 1 aromatic heterocycles. The van der Waals surface area contributed by atoms with Gasteiger partial charge in [0.25, 0.3) is 11.2 Å². The van der Waals surface area contributed by atoms with Gasteiger partial charge >= 0.3 is 11.9 Å². The van der Waals surface area contributed by atoms with Crippen LogP contribution in [0.5, 0.6) is 0 Å². The molecule has 4 atom stereocenters. The Kier molecular flexibility index (Phi) is 9.41. The summed E-state index contributed by atoms with van der Waals surface area (Å²) in [4.78, 5) is 48.5. The van der Waals surface area contributed by atoms with Crippen molar-refractivity contribution in [3.05, 3.63) is 72.0 Å². The minimum atomic E-state index is -4.95. The first-order chi connectivity index (χ1) is 18.3. The molecule has 0 spiro atoms. The number of hydrogen-bond donors (Lipinski definition) is 3. The van der Waals surface area contributed by atoms with Crippen LogP contribution >= 0.6 is 0 Å². The maximum atomic E-state index is 12.3. The molecule has 39 heavy (non-hydrogen) atoms. The molecule has 0 radical (unpaired) electrons. The van der Waals surface area contributed by atoms with Crippen LogP contribution in [0.1, 0.15) is 55.2 Å². The highest BCUT2D eigenvalue weighted by atomic mass is 19.4. The molecule has 0 saturated carbocycles. The van der Waals surface area contributed by atoms with E-state index in [1.165, 1.54) is 25.3 Å². The fourth-order valence-electron chi connectivity index (χ4n) is 3.80. The molecule has 1 aliphatic rings. The predicted octanol–water partition coefficient (Wildman–Crippen LogP) is 1.63. The maximum absolute atomic E-state index is 12.3. The summed E-state index contributed by atoms with van der Waals surface area (Å²) in [6.07, 6.45) is -8.76. The Morgan fingerprint density at radius 3 is 2.72 bits per heavy atom. The number of ether oxygens (including phenoxy) is 2. The summed E-state index contributed by atoms with van der Waals surface area (Å²) >= 11 is 0. The van der Waals surface area contributed by atoms with Crippen LogP contribution in [0.2, 0.25) is 0 Å². The van der Waals surface area contributed by atoms with Gasteiger partial charge in [0.15, 0.2) is 0 Å². The number of nitro benzene ring substituents is 1. The number of benzene rings is 1. The van der Waals surface area contributed by atoms with E-state index < -0.39 is 65.7 Å². The number of hydrogen-bond acceptors (Lipinski definition) is 9. The van der Waals surface area contributed by atoms with E-state index >= 15 is 0 Å². The third-order valence-electron chi connectivity index (χ3n) is 5.92. The minimum Gasteiger partial charge on any atom is -0.394 e. The standard InChI is InChI=1S/C24H24F3N3O9/c1-13(16-7-6-14(8-17(16)30(36)37)4-2-3-5-20(33)24(25,26)27)38-12-15-10-29(23(35)28-22(15)34)21-9-18(32)19(11-31)39-21/h6-8,10,13,18-19,21,31-32H,3,5,9,11-12H2,1H3,(H,28,34,35)/t13?,18?,19-,21-/m1/s1. The van der Waals surface area contributed by atoms with Crippen molar-refractivity contribution >= 4 is 11.5 Å². The maximum Gasteiger partial charge on any atom is 0.450 e. The number of ketones is 1. The number of aliphatic hydroxyl groups excluding tert-OH is 2. The molecule has 210 valence electrons. The molecule has 0 bridgehead atoms. The lowest BCUT2D eigenvalue weighted by atomic mass is 10.0. The summed E-state index contributed by atoms with van der Waals surface area (Å²) in [6, 6.07) is 3.86. The zero-order valence-corrected chi connectivity index (χ0v) is 20.4. The Morgan fingerprint density at radius 1 is 1.38 bits per heavy atom. The molecule has 2 aromatic rings. The van der Waals surface area contributed by atoms with Gasteiger partial charge < -0.3 is 19.7 Å². The molecule has 2 heterocycles. The summed E-state index contributed by atoms with van der Waals surface area (Å²) in [5.41, 5.74) is -1.70. The van der Waals surface area contributed by atoms with Gasteiger partial charge in [0.2, 0.25) is 5.78 Å². The van der Waals surface area contributed by atoms with E-state index in [1.807, 2.05) is 0 Å². The summed E-state index contributed by atoms with van der Waals surface area (Å²) < 4.78 is 48.9. The molecule has 15 heteroatoms. The lowest BCUT2D eigenvalue weighted by Crippen LogP contribution is -2.34. The topological polar surface area (TPSA) is 174 Å². The van der Waals surface area contributed by atoms with Crippen LogP contribution in [0.25, 0.3) is 0 Å². The predicted molar refractivity (Wildman–Crippen MR) is 126 cm³/mol.